The smallest absolute Gasteiger partial charge is 0.260 e. The van der Waals surface area contributed by atoms with Crippen molar-refractivity contribution in [3.63, 3.8) is 0 Å². The Morgan fingerprint density at radius 2 is 1.16 bits per heavy atom. The van der Waals surface area contributed by atoms with E-state index < -0.39 is 6.16 Å². The van der Waals surface area contributed by atoms with Crippen molar-refractivity contribution < 1.29 is 25.1 Å². The molecular formula is C14H14O5. The van der Waals surface area contributed by atoms with Gasteiger partial charge in [0.15, 0.2) is 0 Å². The van der Waals surface area contributed by atoms with E-state index in [1.165, 1.54) is 11.1 Å². The minimum atomic E-state index is -1.55. The Hall–Kier alpha value is -2.37. The zero-order chi connectivity index (χ0) is 13.9. The molecule has 0 bridgehead atoms. The number of carbonyl (C=O) groups excluding carboxylic acids is 1. The van der Waals surface area contributed by atoms with Crippen LogP contribution in [-0.2, 0) is 16.2 Å². The Kier molecular flexibility index (Phi) is 6.71. The lowest BCUT2D eigenvalue weighted by molar-refractivity contribution is -0.270. The highest BCUT2D eigenvalue weighted by Gasteiger charge is 1.95. The zero-order valence-electron chi connectivity index (χ0n) is 10.1. The first kappa shape index (κ1) is 14.7. The molecule has 0 aliphatic rings. The molecule has 0 heterocycles. The maximum absolute atomic E-state index is 9.24. The lowest BCUT2D eigenvalue weighted by atomic mass is 10.1. The molecule has 2 aromatic carbocycles. The van der Waals surface area contributed by atoms with Crippen molar-refractivity contribution >= 4 is 6.16 Å². The molecule has 2 rings (SSSR count). The van der Waals surface area contributed by atoms with E-state index in [1.807, 2.05) is 0 Å². The lowest BCUT2D eigenvalue weighted by Crippen LogP contribution is -1.99. The lowest BCUT2D eigenvalue weighted by Gasteiger charge is -2.00. The van der Waals surface area contributed by atoms with Crippen molar-refractivity contribution in [3.05, 3.63) is 71.8 Å². The summed E-state index contributed by atoms with van der Waals surface area (Å²) in [5.74, 6) is 0. The minimum absolute atomic E-state index is 1.03. The Bertz CT molecular complexity index is 426. The van der Waals surface area contributed by atoms with Crippen LogP contribution >= 0.6 is 0 Å². The molecule has 0 amide bonds. The number of hydrogen-bond acceptors (Lipinski definition) is 5. The van der Waals surface area contributed by atoms with Crippen LogP contribution in [0.5, 0.6) is 0 Å². The molecular weight excluding hydrogens is 248 g/mol. The van der Waals surface area contributed by atoms with E-state index in [9.17, 15) is 4.79 Å². The fraction of sp³-hybridized carbons (Fsp3) is 0.0714. The van der Waals surface area contributed by atoms with Gasteiger partial charge in [-0.05, 0) is 17.5 Å². The topological polar surface area (TPSA) is 76.0 Å². The fourth-order valence-corrected chi connectivity index (χ4v) is 1.44. The molecule has 5 nitrogen and oxygen atoms in total. The maximum Gasteiger partial charge on any atom is 0.572 e. The second-order valence-corrected chi connectivity index (χ2v) is 3.58. The van der Waals surface area contributed by atoms with Gasteiger partial charge in [0.1, 0.15) is 0 Å². The van der Waals surface area contributed by atoms with Gasteiger partial charge in [-0.1, -0.05) is 60.7 Å². The van der Waals surface area contributed by atoms with Crippen molar-refractivity contribution in [2.75, 3.05) is 0 Å². The molecule has 0 spiro atoms. The molecule has 2 N–H and O–H groups in total. The number of hydrogen-bond donors (Lipinski definition) is 2. The predicted molar refractivity (Wildman–Crippen MR) is 68.5 cm³/mol. The van der Waals surface area contributed by atoms with Gasteiger partial charge in [0.25, 0.3) is 0 Å². The summed E-state index contributed by atoms with van der Waals surface area (Å²) in [6, 6.07) is 21.1. The van der Waals surface area contributed by atoms with Crippen LogP contribution in [0.25, 0.3) is 0 Å². The molecule has 100 valence electrons. The van der Waals surface area contributed by atoms with E-state index in [0.29, 0.717) is 0 Å². The van der Waals surface area contributed by atoms with Crippen LogP contribution in [0.15, 0.2) is 60.7 Å². The van der Waals surface area contributed by atoms with Crippen molar-refractivity contribution in [1.29, 1.82) is 0 Å². The van der Waals surface area contributed by atoms with Gasteiger partial charge in [-0.15, -0.1) is 0 Å². The highest BCUT2D eigenvalue weighted by molar-refractivity contribution is 5.57. The molecule has 0 saturated carbocycles. The van der Waals surface area contributed by atoms with E-state index in [-0.39, 0.29) is 0 Å². The van der Waals surface area contributed by atoms with Crippen LogP contribution < -0.4 is 0 Å². The van der Waals surface area contributed by atoms with Crippen LogP contribution in [0.1, 0.15) is 11.1 Å². The van der Waals surface area contributed by atoms with E-state index in [4.69, 9.17) is 10.5 Å². The molecule has 5 heteroatoms. The van der Waals surface area contributed by atoms with E-state index in [1.54, 1.807) is 0 Å². The quantitative estimate of drug-likeness (QED) is 0.641. The molecule has 0 atom stereocenters. The van der Waals surface area contributed by atoms with Gasteiger partial charge in [0.2, 0.25) is 0 Å². The normalized spacial score (nSPS) is 8.95. The second kappa shape index (κ2) is 8.68. The highest BCUT2D eigenvalue weighted by Crippen LogP contribution is 2.07. The average Bonchev–Trinajstić information content (AvgIpc) is 2.49. The molecule has 2 aromatic rings. The van der Waals surface area contributed by atoms with Crippen molar-refractivity contribution in [3.8, 4) is 0 Å². The van der Waals surface area contributed by atoms with Gasteiger partial charge >= 0.3 is 6.16 Å². The van der Waals surface area contributed by atoms with E-state index in [2.05, 4.69) is 70.4 Å². The predicted octanol–water partition coefficient (Wildman–Crippen LogP) is 3.36. The summed E-state index contributed by atoms with van der Waals surface area (Å²) in [6.07, 6.45) is -0.517. The largest absolute Gasteiger partial charge is 0.572 e. The third-order valence-corrected chi connectivity index (χ3v) is 2.24. The average molecular weight is 262 g/mol. The molecule has 0 aliphatic heterocycles. The summed E-state index contributed by atoms with van der Waals surface area (Å²) >= 11 is 0. The third-order valence-electron chi connectivity index (χ3n) is 2.24. The van der Waals surface area contributed by atoms with Crippen molar-refractivity contribution in [2.24, 2.45) is 0 Å². The summed E-state index contributed by atoms with van der Waals surface area (Å²) in [4.78, 5) is 14.8. The van der Waals surface area contributed by atoms with Gasteiger partial charge in [0.05, 0.1) is 0 Å². The molecule has 0 fully saturated rings. The van der Waals surface area contributed by atoms with Gasteiger partial charge in [-0.2, -0.15) is 15.3 Å². The first-order valence-corrected chi connectivity index (χ1v) is 5.51. The highest BCUT2D eigenvalue weighted by atomic mass is 17.2. The Morgan fingerprint density at radius 1 is 0.789 bits per heavy atom. The molecule has 0 unspecified atom stereocenters. The first-order valence-electron chi connectivity index (χ1n) is 5.51. The molecule has 0 radical (unpaired) electrons. The summed E-state index contributed by atoms with van der Waals surface area (Å²) in [6.45, 7) is 0. The second-order valence-electron chi connectivity index (χ2n) is 3.58. The molecule has 19 heavy (non-hydrogen) atoms. The van der Waals surface area contributed by atoms with Gasteiger partial charge in [-0.25, -0.2) is 0 Å². The molecule has 0 saturated heterocycles. The molecule has 0 aromatic heterocycles. The van der Waals surface area contributed by atoms with E-state index in [0.717, 1.165) is 6.42 Å². The Balaban J connectivity index is 0.000000258. The van der Waals surface area contributed by atoms with Crippen LogP contribution in [-0.4, -0.2) is 16.7 Å². The van der Waals surface area contributed by atoms with Crippen LogP contribution in [0, 0.1) is 0 Å². The Labute approximate surface area is 110 Å². The fourth-order valence-electron chi connectivity index (χ4n) is 1.44. The van der Waals surface area contributed by atoms with E-state index >= 15 is 0 Å². The summed E-state index contributed by atoms with van der Waals surface area (Å²) in [5.41, 5.74) is 2.74. The van der Waals surface area contributed by atoms with Crippen LogP contribution in [0.3, 0.4) is 0 Å². The maximum atomic E-state index is 9.24. The van der Waals surface area contributed by atoms with Crippen LogP contribution in [0.2, 0.25) is 0 Å². The minimum Gasteiger partial charge on any atom is -0.260 e. The zero-order valence-corrected chi connectivity index (χ0v) is 10.1. The third kappa shape index (κ3) is 6.21. The summed E-state index contributed by atoms with van der Waals surface area (Å²) in [7, 11) is 0. The van der Waals surface area contributed by atoms with Gasteiger partial charge < -0.3 is 0 Å². The number of benzene rings is 2. The van der Waals surface area contributed by atoms with Crippen molar-refractivity contribution in [1.82, 2.24) is 0 Å². The van der Waals surface area contributed by atoms with Crippen molar-refractivity contribution in [2.45, 2.75) is 6.42 Å². The monoisotopic (exact) mass is 262 g/mol. The van der Waals surface area contributed by atoms with Gasteiger partial charge in [-0.3, -0.25) is 9.78 Å². The first-order chi connectivity index (χ1) is 9.26. The number of rotatable bonds is 2. The summed E-state index contributed by atoms with van der Waals surface area (Å²) in [5, 5.41) is 14.4. The van der Waals surface area contributed by atoms with Crippen LogP contribution in [0.4, 0.5) is 4.79 Å². The van der Waals surface area contributed by atoms with Gasteiger partial charge in [0, 0.05) is 0 Å². The standard InChI is InChI=1S/C13H12.CH2O5/c1-3-7-12(8-4-1)11-13-9-5-2-6-10-13;2-1(5-3)6-4/h1-10H,11H2;3-4H. The Morgan fingerprint density at radius 3 is 1.42 bits per heavy atom. The SMILES string of the molecule is O=C(OO)OO.c1ccc(Cc2ccccc2)cc1. The molecule has 0 aliphatic carbocycles. The summed E-state index contributed by atoms with van der Waals surface area (Å²) < 4.78 is 0. The number of carbonyl (C=O) groups is 1.